The van der Waals surface area contributed by atoms with E-state index in [9.17, 15) is 14.7 Å². The van der Waals surface area contributed by atoms with Gasteiger partial charge in [0.05, 0.1) is 10.9 Å². The number of aliphatic carboxylic acids is 1. The van der Waals surface area contributed by atoms with Gasteiger partial charge in [-0.1, -0.05) is 36.8 Å². The van der Waals surface area contributed by atoms with Gasteiger partial charge in [0.2, 0.25) is 0 Å². The second-order valence-electron chi connectivity index (χ2n) is 6.42. The Balaban J connectivity index is 1.68. The third-order valence-corrected chi connectivity index (χ3v) is 5.31. The summed E-state index contributed by atoms with van der Waals surface area (Å²) >= 11 is 1.47. The number of nitrogens with zero attached hydrogens (tertiary/aromatic N) is 2. The Morgan fingerprint density at radius 2 is 2.00 bits per heavy atom. The monoisotopic (exact) mass is 344 g/mol. The summed E-state index contributed by atoms with van der Waals surface area (Å²) in [5.41, 5.74) is 2.79. The topological polar surface area (TPSA) is 70.5 Å². The van der Waals surface area contributed by atoms with E-state index in [1.807, 2.05) is 13.8 Å². The minimum absolute atomic E-state index is 0.0304. The van der Waals surface area contributed by atoms with E-state index in [4.69, 9.17) is 0 Å². The molecule has 0 bridgehead atoms. The van der Waals surface area contributed by atoms with E-state index in [1.165, 1.54) is 16.9 Å². The number of benzene rings is 1. The summed E-state index contributed by atoms with van der Waals surface area (Å²) in [6.07, 6.45) is 0.701. The molecule has 2 heterocycles. The zero-order chi connectivity index (χ0) is 17.3. The highest BCUT2D eigenvalue weighted by molar-refractivity contribution is 7.09. The van der Waals surface area contributed by atoms with E-state index >= 15 is 0 Å². The molecule has 1 amide bonds. The minimum atomic E-state index is -0.837. The van der Waals surface area contributed by atoms with Crippen LogP contribution in [0.1, 0.15) is 33.5 Å². The van der Waals surface area contributed by atoms with Gasteiger partial charge in [-0.3, -0.25) is 9.59 Å². The van der Waals surface area contributed by atoms with Crippen LogP contribution in [0.5, 0.6) is 0 Å². The van der Waals surface area contributed by atoms with Crippen LogP contribution in [-0.4, -0.2) is 40.0 Å². The van der Waals surface area contributed by atoms with Gasteiger partial charge in [-0.25, -0.2) is 4.98 Å². The predicted octanol–water partition coefficient (Wildman–Crippen LogP) is 2.84. The average Bonchev–Trinajstić information content (AvgIpc) is 3.16. The highest BCUT2D eigenvalue weighted by Gasteiger charge is 2.37. The number of amides is 1. The summed E-state index contributed by atoms with van der Waals surface area (Å²) < 4.78 is 0. The van der Waals surface area contributed by atoms with Crippen molar-refractivity contribution >= 4 is 23.2 Å². The molecule has 1 aliphatic rings. The number of aromatic nitrogens is 1. The molecule has 0 saturated carbocycles. The Bertz CT molecular complexity index is 754. The number of carbonyl (C=O) groups is 2. The van der Waals surface area contributed by atoms with Crippen molar-refractivity contribution in [2.24, 2.45) is 11.8 Å². The second kappa shape index (κ2) is 6.73. The number of rotatable bonds is 4. The maximum Gasteiger partial charge on any atom is 0.308 e. The third-order valence-electron chi connectivity index (χ3n) is 4.46. The number of carboxylic acids is 1. The summed E-state index contributed by atoms with van der Waals surface area (Å²) in [5.74, 6) is -1.52. The van der Waals surface area contributed by atoms with Crippen molar-refractivity contribution in [1.82, 2.24) is 9.88 Å². The highest BCUT2D eigenvalue weighted by atomic mass is 32.1. The summed E-state index contributed by atoms with van der Waals surface area (Å²) in [6.45, 7) is 4.65. The van der Waals surface area contributed by atoms with Gasteiger partial charge < -0.3 is 10.0 Å². The lowest BCUT2D eigenvalue weighted by Crippen LogP contribution is -2.30. The van der Waals surface area contributed by atoms with Crippen molar-refractivity contribution in [2.75, 3.05) is 13.1 Å². The molecule has 0 radical (unpaired) electrons. The number of hydrogen-bond acceptors (Lipinski definition) is 4. The number of aryl methyl sites for hydroxylation is 1. The number of hydrogen-bond donors (Lipinski definition) is 1. The Kier molecular flexibility index (Phi) is 4.66. The number of thiazole rings is 1. The molecule has 1 aliphatic heterocycles. The van der Waals surface area contributed by atoms with E-state index in [1.54, 1.807) is 10.3 Å². The van der Waals surface area contributed by atoms with Crippen LogP contribution in [0.2, 0.25) is 0 Å². The first-order valence-corrected chi connectivity index (χ1v) is 8.84. The van der Waals surface area contributed by atoms with Gasteiger partial charge in [0, 0.05) is 24.9 Å². The van der Waals surface area contributed by atoms with Crippen LogP contribution in [0, 0.1) is 18.8 Å². The van der Waals surface area contributed by atoms with Crippen molar-refractivity contribution < 1.29 is 14.7 Å². The van der Waals surface area contributed by atoms with E-state index in [0.717, 1.165) is 10.6 Å². The molecule has 0 unspecified atom stereocenters. The molecule has 1 fully saturated rings. The van der Waals surface area contributed by atoms with Crippen molar-refractivity contribution in [1.29, 1.82) is 0 Å². The van der Waals surface area contributed by atoms with Crippen LogP contribution >= 0.6 is 11.3 Å². The summed E-state index contributed by atoms with van der Waals surface area (Å²) in [7, 11) is 0. The Labute approximate surface area is 145 Å². The standard InChI is InChI=1S/C18H20N2O3S/c1-11-3-5-13(6-4-11)7-16-19-15(10-24-16)17(21)20-8-12(2)14(9-20)18(22)23/h3-6,10,12,14H,7-9H2,1-2H3,(H,22,23)/t12-,14-/m1/s1. The molecule has 1 aromatic heterocycles. The Hall–Kier alpha value is -2.21. The fraction of sp³-hybridized carbons (Fsp3) is 0.389. The molecule has 3 rings (SSSR count). The Morgan fingerprint density at radius 1 is 1.29 bits per heavy atom. The summed E-state index contributed by atoms with van der Waals surface area (Å²) in [6, 6.07) is 8.26. The van der Waals surface area contributed by atoms with Crippen LogP contribution in [0.15, 0.2) is 29.6 Å². The van der Waals surface area contributed by atoms with Crippen LogP contribution < -0.4 is 0 Å². The molecular formula is C18H20N2O3S. The molecule has 5 nitrogen and oxygen atoms in total. The zero-order valence-corrected chi connectivity index (χ0v) is 14.5. The van der Waals surface area contributed by atoms with Crippen molar-refractivity contribution in [3.63, 3.8) is 0 Å². The quantitative estimate of drug-likeness (QED) is 0.926. The lowest BCUT2D eigenvalue weighted by molar-refractivity contribution is -0.142. The SMILES string of the molecule is Cc1ccc(Cc2nc(C(=O)N3C[C@@H](C)[C@H](C(=O)O)C3)cs2)cc1. The second-order valence-corrected chi connectivity index (χ2v) is 7.36. The van der Waals surface area contributed by atoms with Gasteiger partial charge in [0.15, 0.2) is 0 Å². The minimum Gasteiger partial charge on any atom is -0.481 e. The molecule has 2 aromatic rings. The Morgan fingerprint density at radius 3 is 2.62 bits per heavy atom. The number of likely N-dealkylation sites (tertiary alicyclic amines) is 1. The molecule has 24 heavy (non-hydrogen) atoms. The van der Waals surface area contributed by atoms with Crippen molar-refractivity contribution in [3.05, 3.63) is 51.5 Å². The molecule has 1 saturated heterocycles. The number of carbonyl (C=O) groups excluding carboxylic acids is 1. The highest BCUT2D eigenvalue weighted by Crippen LogP contribution is 2.25. The lowest BCUT2D eigenvalue weighted by atomic mass is 9.99. The molecule has 6 heteroatoms. The van der Waals surface area contributed by atoms with Crippen molar-refractivity contribution in [3.8, 4) is 0 Å². The van der Waals surface area contributed by atoms with Gasteiger partial charge in [-0.2, -0.15) is 0 Å². The van der Waals surface area contributed by atoms with Gasteiger partial charge in [0.25, 0.3) is 5.91 Å². The predicted molar refractivity (Wildman–Crippen MR) is 92.3 cm³/mol. The third kappa shape index (κ3) is 3.48. The lowest BCUT2D eigenvalue weighted by Gasteiger charge is -2.13. The first-order valence-electron chi connectivity index (χ1n) is 7.96. The van der Waals surface area contributed by atoms with E-state index in [0.29, 0.717) is 18.7 Å². The number of carboxylic acid groups (broad SMARTS) is 1. The smallest absolute Gasteiger partial charge is 0.308 e. The van der Waals surface area contributed by atoms with Gasteiger partial charge in [0.1, 0.15) is 5.69 Å². The van der Waals surface area contributed by atoms with Crippen LogP contribution in [0.3, 0.4) is 0 Å². The molecule has 0 aliphatic carbocycles. The average molecular weight is 344 g/mol. The normalized spacial score (nSPS) is 20.3. The molecule has 2 atom stereocenters. The molecule has 126 valence electrons. The van der Waals surface area contributed by atoms with E-state index in [2.05, 4.69) is 29.2 Å². The van der Waals surface area contributed by atoms with E-state index < -0.39 is 11.9 Å². The van der Waals surface area contributed by atoms with Crippen LogP contribution in [-0.2, 0) is 11.2 Å². The summed E-state index contributed by atoms with van der Waals surface area (Å²) in [4.78, 5) is 29.8. The van der Waals surface area contributed by atoms with E-state index in [-0.39, 0.29) is 18.4 Å². The van der Waals surface area contributed by atoms with Gasteiger partial charge in [-0.05, 0) is 18.4 Å². The maximum atomic E-state index is 12.5. The maximum absolute atomic E-state index is 12.5. The van der Waals surface area contributed by atoms with Crippen molar-refractivity contribution in [2.45, 2.75) is 20.3 Å². The molecule has 1 aromatic carbocycles. The first-order chi connectivity index (χ1) is 11.4. The molecule has 1 N–H and O–H groups in total. The van der Waals surface area contributed by atoms with Crippen LogP contribution in [0.4, 0.5) is 0 Å². The first kappa shape index (κ1) is 16.6. The van der Waals surface area contributed by atoms with Crippen LogP contribution in [0.25, 0.3) is 0 Å². The fourth-order valence-corrected chi connectivity index (χ4v) is 3.79. The molecular weight excluding hydrogens is 324 g/mol. The zero-order valence-electron chi connectivity index (χ0n) is 13.7. The fourth-order valence-electron chi connectivity index (χ4n) is 2.99. The largest absolute Gasteiger partial charge is 0.481 e. The van der Waals surface area contributed by atoms with Gasteiger partial charge in [-0.15, -0.1) is 11.3 Å². The molecule has 0 spiro atoms. The summed E-state index contributed by atoms with van der Waals surface area (Å²) in [5, 5.41) is 11.9. The van der Waals surface area contributed by atoms with Gasteiger partial charge >= 0.3 is 5.97 Å².